The molecule has 2 N–H and O–H groups in total. The van der Waals surface area contributed by atoms with Gasteiger partial charge < -0.3 is 5.11 Å². The molecule has 0 aromatic carbocycles. The molecule has 0 aliphatic heterocycles. The lowest BCUT2D eigenvalue weighted by atomic mass is 9.86. The summed E-state index contributed by atoms with van der Waals surface area (Å²) in [4.78, 5) is 10.3. The molecule has 0 radical (unpaired) electrons. The molecule has 0 heterocycles. The Morgan fingerprint density at radius 1 is 1.33 bits per heavy atom. The van der Waals surface area contributed by atoms with Crippen LogP contribution in [0.3, 0.4) is 0 Å². The molecule has 0 saturated heterocycles. The SMILES string of the molecule is N=C(CC1CCCCC1)C(=O)O. The zero-order chi connectivity index (χ0) is 8.97. The summed E-state index contributed by atoms with van der Waals surface area (Å²) in [6, 6.07) is 0. The molecule has 0 aromatic rings. The molecule has 0 aromatic heterocycles. The molecule has 68 valence electrons. The highest BCUT2D eigenvalue weighted by atomic mass is 16.4. The van der Waals surface area contributed by atoms with Crippen molar-refractivity contribution in [1.29, 1.82) is 5.41 Å². The first-order valence-corrected chi connectivity index (χ1v) is 4.51. The van der Waals surface area contributed by atoms with E-state index >= 15 is 0 Å². The number of hydrogen-bond acceptors (Lipinski definition) is 2. The monoisotopic (exact) mass is 169 g/mol. The first kappa shape index (κ1) is 9.23. The van der Waals surface area contributed by atoms with Crippen LogP contribution in [0.4, 0.5) is 0 Å². The Kier molecular flexibility index (Phi) is 3.26. The van der Waals surface area contributed by atoms with E-state index < -0.39 is 5.97 Å². The Morgan fingerprint density at radius 2 is 1.92 bits per heavy atom. The highest BCUT2D eigenvalue weighted by molar-refractivity contribution is 6.34. The molecule has 3 heteroatoms. The number of nitrogens with one attached hydrogen (secondary N) is 1. The molecular formula is C9H15NO2. The first-order chi connectivity index (χ1) is 5.70. The van der Waals surface area contributed by atoms with Crippen LogP contribution in [0.5, 0.6) is 0 Å². The Morgan fingerprint density at radius 3 is 2.42 bits per heavy atom. The van der Waals surface area contributed by atoms with Crippen LogP contribution in [0.15, 0.2) is 0 Å². The number of carbonyl (C=O) groups is 1. The third-order valence-corrected chi connectivity index (χ3v) is 2.48. The minimum atomic E-state index is -1.06. The summed E-state index contributed by atoms with van der Waals surface area (Å²) in [7, 11) is 0. The van der Waals surface area contributed by atoms with Gasteiger partial charge in [0.2, 0.25) is 0 Å². The fourth-order valence-corrected chi connectivity index (χ4v) is 1.77. The average Bonchev–Trinajstić information content (AvgIpc) is 2.06. The predicted molar refractivity (Wildman–Crippen MR) is 46.6 cm³/mol. The molecule has 0 unspecified atom stereocenters. The minimum Gasteiger partial charge on any atom is -0.477 e. The zero-order valence-corrected chi connectivity index (χ0v) is 7.18. The normalized spacial score (nSPS) is 19.0. The van der Waals surface area contributed by atoms with Crippen LogP contribution in [0, 0.1) is 11.3 Å². The number of aliphatic carboxylic acids is 1. The lowest BCUT2D eigenvalue weighted by molar-refractivity contribution is -0.129. The summed E-state index contributed by atoms with van der Waals surface area (Å²) < 4.78 is 0. The second-order valence-electron chi connectivity index (χ2n) is 3.49. The number of carboxylic acids is 1. The second-order valence-corrected chi connectivity index (χ2v) is 3.49. The van der Waals surface area contributed by atoms with Crippen molar-refractivity contribution in [1.82, 2.24) is 0 Å². The number of hydrogen-bond donors (Lipinski definition) is 2. The van der Waals surface area contributed by atoms with E-state index in [1.165, 1.54) is 19.3 Å². The first-order valence-electron chi connectivity index (χ1n) is 4.51. The van der Waals surface area contributed by atoms with E-state index in [0.717, 1.165) is 12.8 Å². The van der Waals surface area contributed by atoms with Gasteiger partial charge in [0, 0.05) is 0 Å². The maximum Gasteiger partial charge on any atom is 0.349 e. The Hall–Kier alpha value is -0.860. The summed E-state index contributed by atoms with van der Waals surface area (Å²) in [5, 5.41) is 15.7. The van der Waals surface area contributed by atoms with Gasteiger partial charge in [-0.05, 0) is 12.3 Å². The van der Waals surface area contributed by atoms with Crippen LogP contribution in [0.2, 0.25) is 0 Å². The Labute approximate surface area is 72.3 Å². The van der Waals surface area contributed by atoms with Gasteiger partial charge in [-0.1, -0.05) is 32.1 Å². The predicted octanol–water partition coefficient (Wildman–Crippen LogP) is 2.06. The highest BCUT2D eigenvalue weighted by Gasteiger charge is 2.17. The smallest absolute Gasteiger partial charge is 0.349 e. The van der Waals surface area contributed by atoms with E-state index in [1.807, 2.05) is 0 Å². The lowest BCUT2D eigenvalue weighted by Crippen LogP contribution is -2.18. The van der Waals surface area contributed by atoms with Gasteiger partial charge in [0.05, 0.1) is 0 Å². The van der Waals surface area contributed by atoms with Gasteiger partial charge in [-0.2, -0.15) is 0 Å². The van der Waals surface area contributed by atoms with Crippen LogP contribution >= 0.6 is 0 Å². The molecule has 0 bridgehead atoms. The maximum absolute atomic E-state index is 10.3. The summed E-state index contributed by atoms with van der Waals surface area (Å²) in [5.74, 6) is -0.595. The van der Waals surface area contributed by atoms with E-state index in [4.69, 9.17) is 10.5 Å². The quantitative estimate of drug-likeness (QED) is 0.635. The molecular weight excluding hydrogens is 154 g/mol. The molecule has 1 rings (SSSR count). The molecule has 1 fully saturated rings. The molecule has 0 amide bonds. The molecule has 1 aliphatic rings. The van der Waals surface area contributed by atoms with Crippen LogP contribution in [0.1, 0.15) is 38.5 Å². The summed E-state index contributed by atoms with van der Waals surface area (Å²) in [5.41, 5.74) is -0.123. The molecule has 12 heavy (non-hydrogen) atoms. The van der Waals surface area contributed by atoms with Crippen molar-refractivity contribution in [2.75, 3.05) is 0 Å². The van der Waals surface area contributed by atoms with E-state index in [0.29, 0.717) is 12.3 Å². The standard InChI is InChI=1S/C9H15NO2/c10-8(9(11)12)6-7-4-2-1-3-5-7/h7,10H,1-6H2,(H,11,12). The van der Waals surface area contributed by atoms with Crippen LogP contribution < -0.4 is 0 Å². The molecule has 1 saturated carbocycles. The van der Waals surface area contributed by atoms with Crippen molar-refractivity contribution in [2.24, 2.45) is 5.92 Å². The zero-order valence-electron chi connectivity index (χ0n) is 7.18. The number of carboxylic acid groups (broad SMARTS) is 1. The van der Waals surface area contributed by atoms with Crippen molar-refractivity contribution in [3.8, 4) is 0 Å². The van der Waals surface area contributed by atoms with Crippen LogP contribution in [-0.4, -0.2) is 16.8 Å². The fourth-order valence-electron chi connectivity index (χ4n) is 1.77. The van der Waals surface area contributed by atoms with Crippen LogP contribution in [0.25, 0.3) is 0 Å². The molecule has 0 spiro atoms. The van der Waals surface area contributed by atoms with E-state index in [2.05, 4.69) is 0 Å². The highest BCUT2D eigenvalue weighted by Crippen LogP contribution is 2.26. The van der Waals surface area contributed by atoms with Crippen LogP contribution in [-0.2, 0) is 4.79 Å². The van der Waals surface area contributed by atoms with E-state index in [1.54, 1.807) is 0 Å². The van der Waals surface area contributed by atoms with Gasteiger partial charge in [-0.3, -0.25) is 5.41 Å². The fraction of sp³-hybridized carbons (Fsp3) is 0.778. The summed E-state index contributed by atoms with van der Waals surface area (Å²) in [6.45, 7) is 0. The van der Waals surface area contributed by atoms with E-state index in [9.17, 15) is 4.79 Å². The lowest BCUT2D eigenvalue weighted by Gasteiger charge is -2.20. The van der Waals surface area contributed by atoms with Gasteiger partial charge in [0.15, 0.2) is 0 Å². The summed E-state index contributed by atoms with van der Waals surface area (Å²) >= 11 is 0. The van der Waals surface area contributed by atoms with Gasteiger partial charge in [0.25, 0.3) is 0 Å². The summed E-state index contributed by atoms with van der Waals surface area (Å²) in [6.07, 6.45) is 6.37. The van der Waals surface area contributed by atoms with Crippen molar-refractivity contribution in [3.63, 3.8) is 0 Å². The number of rotatable bonds is 3. The van der Waals surface area contributed by atoms with Crippen molar-refractivity contribution < 1.29 is 9.90 Å². The Bertz CT molecular complexity index is 183. The third-order valence-electron chi connectivity index (χ3n) is 2.48. The van der Waals surface area contributed by atoms with E-state index in [-0.39, 0.29) is 5.71 Å². The van der Waals surface area contributed by atoms with Gasteiger partial charge >= 0.3 is 5.97 Å². The molecule has 0 atom stereocenters. The van der Waals surface area contributed by atoms with Crippen molar-refractivity contribution in [3.05, 3.63) is 0 Å². The largest absolute Gasteiger partial charge is 0.477 e. The third kappa shape index (κ3) is 2.64. The maximum atomic E-state index is 10.3. The molecule has 3 nitrogen and oxygen atoms in total. The van der Waals surface area contributed by atoms with Gasteiger partial charge in [0.1, 0.15) is 5.71 Å². The Balaban J connectivity index is 2.29. The second kappa shape index (κ2) is 4.24. The minimum absolute atomic E-state index is 0.123. The van der Waals surface area contributed by atoms with Gasteiger partial charge in [-0.25, -0.2) is 4.79 Å². The average molecular weight is 169 g/mol. The molecule has 1 aliphatic carbocycles. The van der Waals surface area contributed by atoms with Gasteiger partial charge in [-0.15, -0.1) is 0 Å². The van der Waals surface area contributed by atoms with Crippen molar-refractivity contribution in [2.45, 2.75) is 38.5 Å². The topological polar surface area (TPSA) is 61.2 Å². The van der Waals surface area contributed by atoms with Crippen molar-refractivity contribution >= 4 is 11.7 Å².